The van der Waals surface area contributed by atoms with Crippen LogP contribution >= 0.6 is 11.3 Å². The summed E-state index contributed by atoms with van der Waals surface area (Å²) >= 11 is 1.68. The number of aromatic nitrogens is 3. The van der Waals surface area contributed by atoms with Crippen LogP contribution < -0.4 is 19.5 Å². The van der Waals surface area contributed by atoms with Gasteiger partial charge >= 0.3 is 0 Å². The van der Waals surface area contributed by atoms with Crippen LogP contribution in [-0.2, 0) is 6.54 Å². The number of anilines is 1. The number of imidazole rings is 1. The van der Waals surface area contributed by atoms with Crippen LogP contribution in [0.25, 0.3) is 16.2 Å². The highest BCUT2D eigenvalue weighted by atomic mass is 32.1. The Morgan fingerprint density at radius 3 is 2.50 bits per heavy atom. The lowest BCUT2D eigenvalue weighted by Crippen LogP contribution is -2.05. The molecule has 1 aromatic carbocycles. The molecule has 0 unspecified atom stereocenters. The Balaban J connectivity index is 1.63. The Labute approximate surface area is 166 Å². The zero-order chi connectivity index (χ0) is 19.5. The summed E-state index contributed by atoms with van der Waals surface area (Å²) in [4.78, 5) is 10.2. The number of fused-ring (bicyclic) bond motifs is 1. The predicted molar refractivity (Wildman–Crippen MR) is 110 cm³/mol. The van der Waals surface area contributed by atoms with Gasteiger partial charge in [0.2, 0.25) is 5.75 Å². The van der Waals surface area contributed by atoms with Crippen LogP contribution in [0.5, 0.6) is 17.2 Å². The lowest BCUT2D eigenvalue weighted by atomic mass is 10.1. The number of thiophene rings is 1. The van der Waals surface area contributed by atoms with E-state index in [2.05, 4.69) is 26.7 Å². The molecule has 8 heteroatoms. The lowest BCUT2D eigenvalue weighted by Gasteiger charge is -2.14. The summed E-state index contributed by atoms with van der Waals surface area (Å²) in [6.45, 7) is 0.532. The molecule has 3 heterocycles. The first-order chi connectivity index (χ1) is 13.7. The third kappa shape index (κ3) is 3.22. The maximum Gasteiger partial charge on any atom is 0.203 e. The van der Waals surface area contributed by atoms with Gasteiger partial charge in [0.15, 0.2) is 23.0 Å². The Hall–Kier alpha value is -3.26. The number of benzene rings is 1. The Bertz CT molecular complexity index is 1070. The van der Waals surface area contributed by atoms with Crippen LogP contribution in [0.4, 0.5) is 5.82 Å². The van der Waals surface area contributed by atoms with Gasteiger partial charge in [0.1, 0.15) is 0 Å². The maximum atomic E-state index is 5.42. The zero-order valence-corrected chi connectivity index (χ0v) is 16.6. The van der Waals surface area contributed by atoms with Gasteiger partial charge < -0.3 is 19.5 Å². The second-order valence-electron chi connectivity index (χ2n) is 5.98. The molecule has 144 valence electrons. The van der Waals surface area contributed by atoms with Crippen molar-refractivity contribution in [2.24, 2.45) is 0 Å². The van der Waals surface area contributed by atoms with Crippen molar-refractivity contribution >= 4 is 22.8 Å². The standard InChI is InChI=1S/C20H20N4O3S/c1-25-15-9-13(10-16(26-2)18(15)27-3)11-22-19-20-23-12-14(17-5-4-8-28-17)24(20)7-6-21-19/h4-10,12H,11H2,1-3H3,(H,21,22). The molecule has 4 aromatic rings. The normalized spacial score (nSPS) is 10.8. The molecule has 0 aliphatic rings. The van der Waals surface area contributed by atoms with E-state index in [1.165, 1.54) is 0 Å². The van der Waals surface area contributed by atoms with E-state index >= 15 is 0 Å². The molecule has 0 aliphatic heterocycles. The summed E-state index contributed by atoms with van der Waals surface area (Å²) in [6.07, 6.45) is 5.55. The van der Waals surface area contributed by atoms with Gasteiger partial charge in [0, 0.05) is 18.9 Å². The van der Waals surface area contributed by atoms with E-state index in [0.29, 0.717) is 29.6 Å². The average Bonchev–Trinajstić information content (AvgIpc) is 3.40. The van der Waals surface area contributed by atoms with Gasteiger partial charge in [-0.15, -0.1) is 11.3 Å². The molecule has 0 spiro atoms. The minimum absolute atomic E-state index is 0.532. The molecule has 7 nitrogen and oxygen atoms in total. The van der Waals surface area contributed by atoms with Gasteiger partial charge in [0.25, 0.3) is 0 Å². The molecule has 0 fully saturated rings. The van der Waals surface area contributed by atoms with Crippen molar-refractivity contribution in [3.63, 3.8) is 0 Å². The first-order valence-corrected chi connectivity index (χ1v) is 9.51. The lowest BCUT2D eigenvalue weighted by molar-refractivity contribution is 0.324. The van der Waals surface area contributed by atoms with Crippen molar-refractivity contribution in [2.45, 2.75) is 6.54 Å². The van der Waals surface area contributed by atoms with Crippen LogP contribution in [-0.4, -0.2) is 35.7 Å². The van der Waals surface area contributed by atoms with Gasteiger partial charge in [-0.3, -0.25) is 4.40 Å². The van der Waals surface area contributed by atoms with E-state index in [1.54, 1.807) is 38.9 Å². The number of nitrogens with zero attached hydrogens (tertiary/aromatic N) is 3. The summed E-state index contributed by atoms with van der Waals surface area (Å²) in [5.41, 5.74) is 2.80. The minimum Gasteiger partial charge on any atom is -0.493 e. The smallest absolute Gasteiger partial charge is 0.203 e. The summed E-state index contributed by atoms with van der Waals surface area (Å²) in [5, 5.41) is 5.41. The number of rotatable bonds is 7. The number of hydrogen-bond acceptors (Lipinski definition) is 7. The first-order valence-electron chi connectivity index (χ1n) is 8.64. The number of nitrogens with one attached hydrogen (secondary N) is 1. The van der Waals surface area contributed by atoms with Crippen LogP contribution in [0.1, 0.15) is 5.56 Å². The van der Waals surface area contributed by atoms with Gasteiger partial charge in [-0.05, 0) is 29.1 Å². The summed E-state index contributed by atoms with van der Waals surface area (Å²) < 4.78 is 18.3. The van der Waals surface area contributed by atoms with E-state index in [9.17, 15) is 0 Å². The number of hydrogen-bond donors (Lipinski definition) is 1. The number of methoxy groups -OCH3 is 3. The van der Waals surface area contributed by atoms with Crippen molar-refractivity contribution in [2.75, 3.05) is 26.6 Å². The van der Waals surface area contributed by atoms with Crippen LogP contribution in [0.3, 0.4) is 0 Å². The van der Waals surface area contributed by atoms with E-state index in [4.69, 9.17) is 14.2 Å². The van der Waals surface area contributed by atoms with Crippen LogP contribution in [0, 0.1) is 0 Å². The van der Waals surface area contributed by atoms with E-state index in [1.807, 2.05) is 35.0 Å². The molecule has 28 heavy (non-hydrogen) atoms. The van der Waals surface area contributed by atoms with Crippen molar-refractivity contribution < 1.29 is 14.2 Å². The molecule has 4 rings (SSSR count). The third-order valence-corrected chi connectivity index (χ3v) is 5.28. The molecule has 0 saturated carbocycles. The zero-order valence-electron chi connectivity index (χ0n) is 15.8. The fraction of sp³-hybridized carbons (Fsp3) is 0.200. The Morgan fingerprint density at radius 1 is 1.07 bits per heavy atom. The minimum atomic E-state index is 0.532. The highest BCUT2D eigenvalue weighted by Crippen LogP contribution is 2.38. The highest BCUT2D eigenvalue weighted by Gasteiger charge is 2.14. The summed E-state index contributed by atoms with van der Waals surface area (Å²) in [7, 11) is 4.80. The molecule has 0 saturated heterocycles. The average molecular weight is 396 g/mol. The van der Waals surface area contributed by atoms with Crippen LogP contribution in [0.15, 0.2) is 48.2 Å². The molecule has 3 aromatic heterocycles. The third-order valence-electron chi connectivity index (χ3n) is 4.39. The molecular weight excluding hydrogens is 376 g/mol. The predicted octanol–water partition coefficient (Wildman–Crippen LogP) is 4.10. The van der Waals surface area contributed by atoms with E-state index < -0.39 is 0 Å². The first kappa shape index (κ1) is 18.1. The summed E-state index contributed by atoms with van der Waals surface area (Å²) in [6, 6.07) is 7.94. The van der Waals surface area contributed by atoms with Crippen molar-refractivity contribution in [3.05, 3.63) is 53.8 Å². The van der Waals surface area contributed by atoms with Crippen LogP contribution in [0.2, 0.25) is 0 Å². The van der Waals surface area contributed by atoms with Crippen molar-refractivity contribution in [3.8, 4) is 27.8 Å². The van der Waals surface area contributed by atoms with Crippen molar-refractivity contribution in [1.29, 1.82) is 0 Å². The summed E-state index contributed by atoms with van der Waals surface area (Å²) in [5.74, 6) is 2.51. The fourth-order valence-electron chi connectivity index (χ4n) is 3.07. The fourth-order valence-corrected chi connectivity index (χ4v) is 3.81. The largest absolute Gasteiger partial charge is 0.493 e. The molecule has 1 N–H and O–H groups in total. The Kier molecular flexibility index (Phi) is 5.03. The molecule has 0 bridgehead atoms. The highest BCUT2D eigenvalue weighted by molar-refractivity contribution is 7.13. The Morgan fingerprint density at radius 2 is 1.86 bits per heavy atom. The molecular formula is C20H20N4O3S. The maximum absolute atomic E-state index is 5.42. The second kappa shape index (κ2) is 7.77. The topological polar surface area (TPSA) is 69.9 Å². The van der Waals surface area contributed by atoms with Gasteiger partial charge in [-0.1, -0.05) is 6.07 Å². The monoisotopic (exact) mass is 396 g/mol. The molecule has 0 aliphatic carbocycles. The van der Waals surface area contributed by atoms with Gasteiger partial charge in [-0.2, -0.15) is 0 Å². The van der Waals surface area contributed by atoms with E-state index in [-0.39, 0.29) is 0 Å². The van der Waals surface area contributed by atoms with E-state index in [0.717, 1.165) is 21.8 Å². The van der Waals surface area contributed by atoms with Crippen molar-refractivity contribution in [1.82, 2.24) is 14.4 Å². The quantitative estimate of drug-likeness (QED) is 0.507. The SMILES string of the molecule is COc1cc(CNc2nccn3c(-c4cccs4)cnc23)cc(OC)c1OC. The second-order valence-corrected chi connectivity index (χ2v) is 6.93. The number of ether oxygens (including phenoxy) is 3. The molecule has 0 radical (unpaired) electrons. The molecule has 0 amide bonds. The van der Waals surface area contributed by atoms with Gasteiger partial charge in [0.05, 0.1) is 38.1 Å². The van der Waals surface area contributed by atoms with Gasteiger partial charge in [-0.25, -0.2) is 9.97 Å². The molecule has 0 atom stereocenters.